The van der Waals surface area contributed by atoms with E-state index < -0.39 is 17.6 Å². The third-order valence-corrected chi connectivity index (χ3v) is 5.10. The molecule has 1 aliphatic carbocycles. The van der Waals surface area contributed by atoms with Crippen molar-refractivity contribution in [3.8, 4) is 17.6 Å². The summed E-state index contributed by atoms with van der Waals surface area (Å²) in [5.41, 5.74) is -0.449. The Hall–Kier alpha value is -2.75. The molecule has 146 valence electrons. The molecule has 1 aromatic carbocycles. The van der Waals surface area contributed by atoms with E-state index in [2.05, 4.69) is 6.07 Å². The van der Waals surface area contributed by atoms with Crippen molar-refractivity contribution in [3.05, 3.63) is 23.8 Å². The summed E-state index contributed by atoms with van der Waals surface area (Å²) < 4.78 is 15.7. The zero-order valence-corrected chi connectivity index (χ0v) is 16.3. The van der Waals surface area contributed by atoms with Gasteiger partial charge in [0.05, 0.1) is 25.9 Å². The molecular weight excluding hydrogens is 348 g/mol. The van der Waals surface area contributed by atoms with Crippen LogP contribution in [0.25, 0.3) is 0 Å². The van der Waals surface area contributed by atoms with Crippen LogP contribution in [0, 0.1) is 11.3 Å². The van der Waals surface area contributed by atoms with Crippen LogP contribution in [0.5, 0.6) is 11.5 Å². The maximum Gasteiger partial charge on any atom is 0.337 e. The number of esters is 1. The third-order valence-electron chi connectivity index (χ3n) is 5.10. The lowest BCUT2D eigenvalue weighted by molar-refractivity contribution is -0.141. The van der Waals surface area contributed by atoms with Crippen molar-refractivity contribution >= 4 is 11.9 Å². The molecule has 27 heavy (non-hydrogen) atoms. The van der Waals surface area contributed by atoms with E-state index in [4.69, 9.17) is 14.2 Å². The van der Waals surface area contributed by atoms with Gasteiger partial charge >= 0.3 is 5.97 Å². The van der Waals surface area contributed by atoms with Crippen LogP contribution in [0.15, 0.2) is 18.2 Å². The number of likely N-dealkylation sites (N-methyl/N-ethyl adjacent to an activating group) is 1. The predicted molar refractivity (Wildman–Crippen MR) is 98.6 cm³/mol. The maximum atomic E-state index is 12.9. The van der Waals surface area contributed by atoms with Crippen molar-refractivity contribution in [2.75, 3.05) is 21.3 Å². The first-order chi connectivity index (χ1) is 12.9. The minimum absolute atomic E-state index is 0.266. The van der Waals surface area contributed by atoms with Gasteiger partial charge in [-0.05, 0) is 38.0 Å². The van der Waals surface area contributed by atoms with Crippen LogP contribution in [0.2, 0.25) is 0 Å². The lowest BCUT2D eigenvalue weighted by Crippen LogP contribution is -2.53. The molecule has 0 aromatic heterocycles. The van der Waals surface area contributed by atoms with Gasteiger partial charge in [0.1, 0.15) is 5.54 Å². The summed E-state index contributed by atoms with van der Waals surface area (Å²) in [4.78, 5) is 26.0. The van der Waals surface area contributed by atoms with E-state index in [1.807, 2.05) is 0 Å². The molecule has 2 rings (SSSR count). The van der Waals surface area contributed by atoms with Gasteiger partial charge in [-0.15, -0.1) is 0 Å². The molecule has 0 spiro atoms. The van der Waals surface area contributed by atoms with Gasteiger partial charge in [0.15, 0.2) is 17.6 Å². The number of carbonyl (C=O) groups excluding carboxylic acids is 2. The van der Waals surface area contributed by atoms with E-state index in [0.717, 1.165) is 19.3 Å². The molecule has 1 aliphatic rings. The molecule has 1 saturated carbocycles. The van der Waals surface area contributed by atoms with Gasteiger partial charge in [-0.2, -0.15) is 5.26 Å². The maximum absolute atomic E-state index is 12.9. The average Bonchev–Trinajstić information content (AvgIpc) is 2.72. The van der Waals surface area contributed by atoms with E-state index in [1.165, 1.54) is 25.2 Å². The Kier molecular flexibility index (Phi) is 6.67. The topological polar surface area (TPSA) is 88.9 Å². The monoisotopic (exact) mass is 374 g/mol. The van der Waals surface area contributed by atoms with Crippen molar-refractivity contribution in [1.82, 2.24) is 4.90 Å². The fraction of sp³-hybridized carbons (Fsp3) is 0.550. The second-order valence-corrected chi connectivity index (χ2v) is 6.72. The smallest absolute Gasteiger partial charge is 0.337 e. The molecule has 0 N–H and O–H groups in total. The number of amides is 1. The SMILES string of the molecule is COC(=O)c1ccc(O[C@H](C)C(=O)N(C)C2(C#N)CCCCC2)c(OC)c1. The highest BCUT2D eigenvalue weighted by Gasteiger charge is 2.40. The molecular formula is C20H26N2O5. The summed E-state index contributed by atoms with van der Waals surface area (Å²) in [5, 5.41) is 9.67. The highest BCUT2D eigenvalue weighted by Crippen LogP contribution is 2.34. The first kappa shape index (κ1) is 20.6. The molecule has 1 atom stereocenters. The summed E-state index contributed by atoms with van der Waals surface area (Å²) in [6.07, 6.45) is 3.50. The number of nitrogens with zero attached hydrogens (tertiary/aromatic N) is 2. The Balaban J connectivity index is 2.16. The first-order valence-electron chi connectivity index (χ1n) is 9.00. The molecule has 1 amide bonds. The molecule has 0 bridgehead atoms. The minimum atomic E-state index is -0.806. The van der Waals surface area contributed by atoms with Crippen molar-refractivity contribution in [1.29, 1.82) is 5.26 Å². The Morgan fingerprint density at radius 1 is 1.19 bits per heavy atom. The molecule has 0 unspecified atom stereocenters. The van der Waals surface area contributed by atoms with Crippen molar-refractivity contribution < 1.29 is 23.8 Å². The number of hydrogen-bond donors (Lipinski definition) is 0. The largest absolute Gasteiger partial charge is 0.493 e. The van der Waals surface area contributed by atoms with Gasteiger partial charge in [0.2, 0.25) is 0 Å². The van der Waals surface area contributed by atoms with Crippen LogP contribution < -0.4 is 9.47 Å². The minimum Gasteiger partial charge on any atom is -0.493 e. The van der Waals surface area contributed by atoms with Crippen LogP contribution in [0.3, 0.4) is 0 Å². The molecule has 0 heterocycles. The highest BCUT2D eigenvalue weighted by atomic mass is 16.5. The summed E-state index contributed by atoms with van der Waals surface area (Å²) in [6.45, 7) is 1.64. The Labute approximate surface area is 159 Å². The quantitative estimate of drug-likeness (QED) is 0.711. The van der Waals surface area contributed by atoms with Gasteiger partial charge in [-0.1, -0.05) is 19.3 Å². The number of methoxy groups -OCH3 is 2. The van der Waals surface area contributed by atoms with E-state index in [1.54, 1.807) is 26.1 Å². The lowest BCUT2D eigenvalue weighted by atomic mass is 9.81. The van der Waals surface area contributed by atoms with Crippen LogP contribution in [-0.2, 0) is 9.53 Å². The zero-order valence-electron chi connectivity index (χ0n) is 16.3. The molecule has 1 fully saturated rings. The number of nitriles is 1. The Morgan fingerprint density at radius 3 is 2.41 bits per heavy atom. The molecule has 7 nitrogen and oxygen atoms in total. The van der Waals surface area contributed by atoms with Crippen molar-refractivity contribution in [2.45, 2.75) is 50.7 Å². The van der Waals surface area contributed by atoms with Gasteiger partial charge < -0.3 is 19.1 Å². The summed E-state index contributed by atoms with van der Waals surface area (Å²) in [6, 6.07) is 6.95. The molecule has 1 aromatic rings. The van der Waals surface area contributed by atoms with Crippen molar-refractivity contribution in [3.63, 3.8) is 0 Å². The number of carbonyl (C=O) groups is 2. The summed E-state index contributed by atoms with van der Waals surface area (Å²) >= 11 is 0. The number of ether oxygens (including phenoxy) is 3. The lowest BCUT2D eigenvalue weighted by Gasteiger charge is -2.40. The molecule has 0 saturated heterocycles. The summed E-state index contributed by atoms with van der Waals surface area (Å²) in [7, 11) is 4.41. The number of rotatable bonds is 6. The average molecular weight is 374 g/mol. The van der Waals surface area contributed by atoms with E-state index >= 15 is 0 Å². The second kappa shape index (κ2) is 8.76. The fourth-order valence-corrected chi connectivity index (χ4v) is 3.39. The van der Waals surface area contributed by atoms with Crippen LogP contribution in [-0.4, -0.2) is 49.7 Å². The normalized spacial score (nSPS) is 16.6. The molecule has 0 aliphatic heterocycles. The third kappa shape index (κ3) is 4.33. The first-order valence-corrected chi connectivity index (χ1v) is 9.00. The van der Waals surface area contributed by atoms with Crippen LogP contribution in [0.4, 0.5) is 0 Å². The van der Waals surface area contributed by atoms with Gasteiger partial charge in [-0.3, -0.25) is 4.79 Å². The fourth-order valence-electron chi connectivity index (χ4n) is 3.39. The molecule has 0 radical (unpaired) electrons. The van der Waals surface area contributed by atoms with E-state index in [9.17, 15) is 14.9 Å². The van der Waals surface area contributed by atoms with Crippen molar-refractivity contribution in [2.24, 2.45) is 0 Å². The van der Waals surface area contributed by atoms with E-state index in [-0.39, 0.29) is 5.91 Å². The summed E-state index contributed by atoms with van der Waals surface area (Å²) in [5.74, 6) is -0.0866. The second-order valence-electron chi connectivity index (χ2n) is 6.72. The Bertz CT molecular complexity index is 734. The predicted octanol–water partition coefficient (Wildman–Crippen LogP) is 2.93. The van der Waals surface area contributed by atoms with Gasteiger partial charge in [0, 0.05) is 7.05 Å². The van der Waals surface area contributed by atoms with Crippen LogP contribution >= 0.6 is 0 Å². The number of benzene rings is 1. The van der Waals surface area contributed by atoms with E-state index in [0.29, 0.717) is 29.9 Å². The highest BCUT2D eigenvalue weighted by molar-refractivity contribution is 5.90. The Morgan fingerprint density at radius 2 is 1.85 bits per heavy atom. The standard InChI is InChI=1S/C20H26N2O5/c1-14(18(23)22(2)20(13-21)10-6-5-7-11-20)27-16-9-8-15(19(24)26-4)12-17(16)25-3/h8-9,12,14H,5-7,10-11H2,1-4H3/t14-/m1/s1. The van der Waals surface area contributed by atoms with Gasteiger partial charge in [0.25, 0.3) is 5.91 Å². The van der Waals surface area contributed by atoms with Crippen LogP contribution in [0.1, 0.15) is 49.4 Å². The van der Waals surface area contributed by atoms with Gasteiger partial charge in [-0.25, -0.2) is 4.79 Å². The molecule has 7 heteroatoms. The number of hydrogen-bond acceptors (Lipinski definition) is 6. The zero-order chi connectivity index (χ0) is 20.0.